The lowest BCUT2D eigenvalue weighted by atomic mass is 10.1. The Labute approximate surface area is 128 Å². The van der Waals surface area contributed by atoms with Gasteiger partial charge in [-0.1, -0.05) is 17.7 Å². The highest BCUT2D eigenvalue weighted by Crippen LogP contribution is 2.27. The molecule has 0 aliphatic carbocycles. The van der Waals surface area contributed by atoms with Crippen LogP contribution < -0.4 is 9.22 Å². The third-order valence-corrected chi connectivity index (χ3v) is 4.44. The highest BCUT2D eigenvalue weighted by Gasteiger charge is 2.26. The minimum Gasteiger partial charge on any atom is -0.497 e. The second-order valence-corrected chi connectivity index (χ2v) is 5.62. The van der Waals surface area contributed by atoms with Crippen molar-refractivity contribution < 1.29 is 4.74 Å². The first-order valence-electron chi connectivity index (χ1n) is 7.70. The minimum absolute atomic E-state index is 0.917. The van der Waals surface area contributed by atoms with E-state index in [1.165, 1.54) is 16.8 Å². The molecule has 2 heteroatoms. The maximum absolute atomic E-state index is 5.24. The van der Waals surface area contributed by atoms with Gasteiger partial charge in [0, 0.05) is 5.56 Å². The van der Waals surface area contributed by atoms with E-state index in [9.17, 15) is 0 Å². The van der Waals surface area contributed by atoms with Crippen LogP contribution in [-0.2, 0) is 6.54 Å². The van der Waals surface area contributed by atoms with Crippen LogP contribution in [-0.4, -0.2) is 20.2 Å². The van der Waals surface area contributed by atoms with E-state index in [-0.39, 0.29) is 0 Å². The zero-order valence-corrected chi connectivity index (χ0v) is 13.6. The van der Waals surface area contributed by atoms with E-state index < -0.39 is 0 Å². The van der Waals surface area contributed by atoms with Crippen LogP contribution in [0, 0.1) is 6.92 Å². The number of quaternary nitrogens is 1. The number of rotatable bonds is 6. The van der Waals surface area contributed by atoms with E-state index in [0.29, 0.717) is 0 Å². The van der Waals surface area contributed by atoms with Crippen molar-refractivity contribution >= 4 is 5.69 Å². The molecule has 2 aromatic carbocycles. The van der Waals surface area contributed by atoms with E-state index in [1.54, 1.807) is 7.11 Å². The van der Waals surface area contributed by atoms with Crippen molar-refractivity contribution in [3.8, 4) is 5.75 Å². The van der Waals surface area contributed by atoms with E-state index in [0.717, 1.165) is 29.9 Å². The van der Waals surface area contributed by atoms with Crippen LogP contribution in [0.3, 0.4) is 0 Å². The fourth-order valence-electron chi connectivity index (χ4n) is 2.85. The van der Waals surface area contributed by atoms with Gasteiger partial charge in [0.2, 0.25) is 0 Å². The molecule has 0 saturated carbocycles. The molecule has 0 aliphatic heterocycles. The van der Waals surface area contributed by atoms with Crippen LogP contribution in [0.25, 0.3) is 0 Å². The van der Waals surface area contributed by atoms with Gasteiger partial charge < -0.3 is 4.74 Å². The molecule has 2 nitrogen and oxygen atoms in total. The minimum atomic E-state index is 0.917. The van der Waals surface area contributed by atoms with Gasteiger partial charge in [-0.2, -0.15) is 0 Å². The zero-order valence-electron chi connectivity index (χ0n) is 13.6. The van der Waals surface area contributed by atoms with Crippen molar-refractivity contribution in [1.82, 2.24) is 4.48 Å². The second-order valence-electron chi connectivity index (χ2n) is 5.62. The first kappa shape index (κ1) is 15.6. The smallest absolute Gasteiger partial charge is 0.133 e. The molecule has 2 rings (SSSR count). The number of hydrogen-bond acceptors (Lipinski definition) is 1. The van der Waals surface area contributed by atoms with Gasteiger partial charge in [0.05, 0.1) is 20.2 Å². The number of ether oxygens (including phenoxy) is 1. The van der Waals surface area contributed by atoms with E-state index >= 15 is 0 Å². The van der Waals surface area contributed by atoms with Crippen LogP contribution >= 0.6 is 0 Å². The monoisotopic (exact) mass is 284 g/mol. The largest absolute Gasteiger partial charge is 0.497 e. The van der Waals surface area contributed by atoms with Gasteiger partial charge in [-0.15, -0.1) is 0 Å². The van der Waals surface area contributed by atoms with Crippen molar-refractivity contribution in [2.75, 3.05) is 20.2 Å². The van der Waals surface area contributed by atoms with E-state index in [4.69, 9.17) is 4.74 Å². The van der Waals surface area contributed by atoms with Crippen LogP contribution in [0.5, 0.6) is 5.75 Å². The molecule has 0 aromatic heterocycles. The molecule has 0 N–H and O–H groups in total. The molecular weight excluding hydrogens is 258 g/mol. The quantitative estimate of drug-likeness (QED) is 0.707. The Balaban J connectivity index is 2.30. The Morgan fingerprint density at radius 1 is 0.857 bits per heavy atom. The molecule has 2 aromatic rings. The van der Waals surface area contributed by atoms with Gasteiger partial charge in [0.1, 0.15) is 18.0 Å². The zero-order chi connectivity index (χ0) is 15.3. The predicted molar refractivity (Wildman–Crippen MR) is 90.8 cm³/mol. The van der Waals surface area contributed by atoms with E-state index in [2.05, 4.69) is 57.2 Å². The average Bonchev–Trinajstić information content (AvgIpc) is 2.54. The summed E-state index contributed by atoms with van der Waals surface area (Å²) >= 11 is 0. The topological polar surface area (TPSA) is 9.23 Å². The van der Waals surface area contributed by atoms with Crippen molar-refractivity contribution in [2.24, 2.45) is 0 Å². The number of methoxy groups -OCH3 is 1. The van der Waals surface area contributed by atoms with Crippen molar-refractivity contribution in [2.45, 2.75) is 27.3 Å². The van der Waals surface area contributed by atoms with Gasteiger partial charge in [0.15, 0.2) is 0 Å². The molecule has 0 atom stereocenters. The molecule has 21 heavy (non-hydrogen) atoms. The molecular formula is C19H26NO+. The van der Waals surface area contributed by atoms with Crippen LogP contribution in [0.4, 0.5) is 5.69 Å². The van der Waals surface area contributed by atoms with Crippen molar-refractivity contribution in [3.63, 3.8) is 0 Å². The standard InChI is InChI=1S/C19H26NO/c1-5-20(6-2,18-11-7-16(3)8-12-18)15-17-9-13-19(21-4)14-10-17/h7-14H,5-6,15H2,1-4H3/q+1. The number of hydrogen-bond donors (Lipinski definition) is 0. The number of aryl methyl sites for hydroxylation is 1. The van der Waals surface area contributed by atoms with Crippen LogP contribution in [0.2, 0.25) is 0 Å². The van der Waals surface area contributed by atoms with Crippen LogP contribution in [0.1, 0.15) is 25.0 Å². The summed E-state index contributed by atoms with van der Waals surface area (Å²) in [5.41, 5.74) is 4.05. The van der Waals surface area contributed by atoms with Crippen molar-refractivity contribution in [3.05, 3.63) is 59.7 Å². The maximum atomic E-state index is 5.24. The summed E-state index contributed by atoms with van der Waals surface area (Å²) in [6.07, 6.45) is 0. The van der Waals surface area contributed by atoms with Gasteiger partial charge in [-0.25, -0.2) is 0 Å². The Hall–Kier alpha value is -1.80. The fraction of sp³-hybridized carbons (Fsp3) is 0.368. The lowest BCUT2D eigenvalue weighted by molar-refractivity contribution is 0.292. The van der Waals surface area contributed by atoms with E-state index in [1.807, 2.05) is 12.1 Å². The van der Waals surface area contributed by atoms with Crippen LogP contribution in [0.15, 0.2) is 48.5 Å². The summed E-state index contributed by atoms with van der Waals surface area (Å²) in [7, 11) is 1.71. The first-order valence-corrected chi connectivity index (χ1v) is 7.70. The Morgan fingerprint density at radius 2 is 1.43 bits per heavy atom. The highest BCUT2D eigenvalue weighted by molar-refractivity contribution is 5.45. The SMILES string of the molecule is CC[N+](CC)(Cc1ccc(OC)cc1)c1ccc(C)cc1. The summed E-state index contributed by atoms with van der Waals surface area (Å²) in [6.45, 7) is 9.87. The molecule has 0 saturated heterocycles. The second kappa shape index (κ2) is 6.77. The Bertz CT molecular complexity index is 553. The molecule has 0 unspecified atom stereocenters. The number of benzene rings is 2. The summed E-state index contributed by atoms with van der Waals surface area (Å²) in [4.78, 5) is 0. The molecule has 112 valence electrons. The average molecular weight is 284 g/mol. The van der Waals surface area contributed by atoms with Crippen molar-refractivity contribution in [1.29, 1.82) is 0 Å². The lowest BCUT2D eigenvalue weighted by Gasteiger charge is -2.36. The summed E-state index contributed by atoms with van der Waals surface area (Å²) in [5.74, 6) is 0.917. The normalized spacial score (nSPS) is 11.4. The molecule has 0 fully saturated rings. The number of nitrogens with zero attached hydrogens (tertiary/aromatic N) is 1. The summed E-state index contributed by atoms with van der Waals surface area (Å²) in [5, 5.41) is 0. The Morgan fingerprint density at radius 3 is 1.90 bits per heavy atom. The van der Waals surface area contributed by atoms with Gasteiger partial charge >= 0.3 is 0 Å². The summed E-state index contributed by atoms with van der Waals surface area (Å²) in [6, 6.07) is 17.4. The predicted octanol–water partition coefficient (Wildman–Crippen LogP) is 4.55. The lowest BCUT2D eigenvalue weighted by Crippen LogP contribution is -2.48. The molecule has 0 radical (unpaired) electrons. The Kier molecular flexibility index (Phi) is 5.03. The summed E-state index contributed by atoms with van der Waals surface area (Å²) < 4.78 is 6.22. The van der Waals surface area contributed by atoms with Gasteiger partial charge in [0.25, 0.3) is 0 Å². The maximum Gasteiger partial charge on any atom is 0.133 e. The van der Waals surface area contributed by atoms with Gasteiger partial charge in [-0.05, 0) is 57.2 Å². The third-order valence-electron chi connectivity index (χ3n) is 4.44. The molecule has 0 amide bonds. The fourth-order valence-corrected chi connectivity index (χ4v) is 2.85. The molecule has 0 heterocycles. The first-order chi connectivity index (χ1) is 10.1. The molecule has 0 bridgehead atoms. The highest BCUT2D eigenvalue weighted by atomic mass is 16.5. The molecule has 0 spiro atoms. The molecule has 0 aliphatic rings. The third kappa shape index (κ3) is 3.45. The van der Waals surface area contributed by atoms with Gasteiger partial charge in [-0.3, -0.25) is 4.48 Å².